The molecule has 0 heterocycles. The lowest BCUT2D eigenvalue weighted by Crippen LogP contribution is -2.23. The van der Waals surface area contributed by atoms with Gasteiger partial charge in [0.15, 0.2) is 0 Å². The molecule has 4 nitrogen and oxygen atoms in total. The number of nitrogens with zero attached hydrogens (tertiary/aromatic N) is 1. The van der Waals surface area contributed by atoms with E-state index in [1.165, 1.54) is 32.1 Å². The van der Waals surface area contributed by atoms with Crippen LogP contribution in [0.2, 0.25) is 0 Å². The van der Waals surface area contributed by atoms with Crippen LogP contribution < -0.4 is 5.32 Å². The van der Waals surface area contributed by atoms with Crippen LogP contribution in [0.4, 0.5) is 5.69 Å². The number of hydrogen-bond donors (Lipinski definition) is 1. The van der Waals surface area contributed by atoms with Crippen molar-refractivity contribution in [1.82, 2.24) is 4.90 Å². The smallest absolute Gasteiger partial charge is 0.226 e. The summed E-state index contributed by atoms with van der Waals surface area (Å²) in [4.78, 5) is 25.3. The summed E-state index contributed by atoms with van der Waals surface area (Å²) in [6, 6.07) is 7.54. The first-order chi connectivity index (χ1) is 10.5. The molecule has 0 spiro atoms. The first kappa shape index (κ1) is 16.5. The molecule has 22 heavy (non-hydrogen) atoms. The van der Waals surface area contributed by atoms with E-state index in [1.54, 1.807) is 19.0 Å². The number of amides is 2. The Hall–Kier alpha value is -1.84. The molecule has 2 amide bonds. The topological polar surface area (TPSA) is 49.4 Å². The molecule has 4 heteroatoms. The Morgan fingerprint density at radius 2 is 1.73 bits per heavy atom. The van der Waals surface area contributed by atoms with Crippen LogP contribution in [-0.4, -0.2) is 30.8 Å². The largest absolute Gasteiger partial charge is 0.349 e. The lowest BCUT2D eigenvalue weighted by Gasteiger charge is -2.20. The molecule has 1 fully saturated rings. The van der Waals surface area contributed by atoms with Gasteiger partial charge in [-0.2, -0.15) is 0 Å². The molecule has 1 aliphatic carbocycles. The first-order valence-corrected chi connectivity index (χ1v) is 8.13. The standard InChI is InChI=1S/C18H26N2O2/c1-20(2)18(22)13-15-8-10-16(11-9-15)19-17(21)12-14-6-4-3-5-7-14/h8-11,14H,3-7,12-13H2,1-2H3,(H,19,21). The van der Waals surface area contributed by atoms with E-state index in [0.29, 0.717) is 18.8 Å². The third-order valence-corrected chi connectivity index (χ3v) is 4.29. The molecule has 1 saturated carbocycles. The van der Waals surface area contributed by atoms with Crippen molar-refractivity contribution in [3.63, 3.8) is 0 Å². The van der Waals surface area contributed by atoms with Crippen LogP contribution in [0.3, 0.4) is 0 Å². The van der Waals surface area contributed by atoms with Gasteiger partial charge in [0.1, 0.15) is 0 Å². The average Bonchev–Trinajstić information content (AvgIpc) is 2.50. The van der Waals surface area contributed by atoms with Crippen molar-refractivity contribution >= 4 is 17.5 Å². The minimum absolute atomic E-state index is 0.0779. The molecule has 1 aromatic carbocycles. The zero-order valence-electron chi connectivity index (χ0n) is 13.6. The third-order valence-electron chi connectivity index (χ3n) is 4.29. The zero-order chi connectivity index (χ0) is 15.9. The molecule has 1 aromatic rings. The van der Waals surface area contributed by atoms with Gasteiger partial charge in [0.25, 0.3) is 0 Å². The summed E-state index contributed by atoms with van der Waals surface area (Å²) in [5.41, 5.74) is 1.77. The van der Waals surface area contributed by atoms with Crippen LogP contribution in [0.1, 0.15) is 44.1 Å². The third kappa shape index (κ3) is 5.17. The number of benzene rings is 1. The van der Waals surface area contributed by atoms with Gasteiger partial charge < -0.3 is 10.2 Å². The molecule has 0 saturated heterocycles. The van der Waals surface area contributed by atoms with E-state index >= 15 is 0 Å². The average molecular weight is 302 g/mol. The molecule has 0 atom stereocenters. The van der Waals surface area contributed by atoms with E-state index in [4.69, 9.17) is 0 Å². The lowest BCUT2D eigenvalue weighted by molar-refractivity contribution is -0.128. The molecular weight excluding hydrogens is 276 g/mol. The number of anilines is 1. The van der Waals surface area contributed by atoms with Gasteiger partial charge in [-0.3, -0.25) is 9.59 Å². The summed E-state index contributed by atoms with van der Waals surface area (Å²) < 4.78 is 0. The van der Waals surface area contributed by atoms with E-state index < -0.39 is 0 Å². The van der Waals surface area contributed by atoms with Crippen molar-refractivity contribution in [3.8, 4) is 0 Å². The Balaban J connectivity index is 1.82. The second-order valence-corrected chi connectivity index (χ2v) is 6.42. The molecule has 0 unspecified atom stereocenters. The number of rotatable bonds is 5. The Bertz CT molecular complexity index is 502. The highest BCUT2D eigenvalue weighted by molar-refractivity contribution is 5.90. The maximum absolute atomic E-state index is 12.1. The molecule has 2 rings (SSSR count). The summed E-state index contributed by atoms with van der Waals surface area (Å²) in [5.74, 6) is 0.726. The number of hydrogen-bond acceptors (Lipinski definition) is 2. The SMILES string of the molecule is CN(C)C(=O)Cc1ccc(NC(=O)CC2CCCCC2)cc1. The minimum atomic E-state index is 0.0779. The fraction of sp³-hybridized carbons (Fsp3) is 0.556. The Labute approximate surface area is 132 Å². The van der Waals surface area contributed by atoms with Crippen molar-refractivity contribution in [3.05, 3.63) is 29.8 Å². The van der Waals surface area contributed by atoms with Crippen LogP contribution in [0.15, 0.2) is 24.3 Å². The molecule has 1 N–H and O–H groups in total. The first-order valence-electron chi connectivity index (χ1n) is 8.13. The maximum atomic E-state index is 12.1. The summed E-state index contributed by atoms with van der Waals surface area (Å²) in [6.45, 7) is 0. The fourth-order valence-electron chi connectivity index (χ4n) is 2.90. The highest BCUT2D eigenvalue weighted by Crippen LogP contribution is 2.26. The minimum Gasteiger partial charge on any atom is -0.349 e. The quantitative estimate of drug-likeness (QED) is 0.908. The second-order valence-electron chi connectivity index (χ2n) is 6.42. The second kappa shape index (κ2) is 7.97. The maximum Gasteiger partial charge on any atom is 0.226 e. The van der Waals surface area contributed by atoms with E-state index in [9.17, 15) is 9.59 Å². The van der Waals surface area contributed by atoms with Crippen LogP contribution in [0.25, 0.3) is 0 Å². The van der Waals surface area contributed by atoms with Crippen molar-refractivity contribution in [2.45, 2.75) is 44.9 Å². The van der Waals surface area contributed by atoms with Gasteiger partial charge in [0, 0.05) is 26.2 Å². The van der Waals surface area contributed by atoms with Gasteiger partial charge in [-0.15, -0.1) is 0 Å². The van der Waals surface area contributed by atoms with Gasteiger partial charge >= 0.3 is 0 Å². The lowest BCUT2D eigenvalue weighted by atomic mass is 9.87. The molecule has 0 aromatic heterocycles. The highest BCUT2D eigenvalue weighted by atomic mass is 16.2. The van der Waals surface area contributed by atoms with Crippen LogP contribution in [0.5, 0.6) is 0 Å². The summed E-state index contributed by atoms with van der Waals surface area (Å²) in [6.07, 6.45) is 7.20. The predicted octanol–water partition coefficient (Wildman–Crippen LogP) is 3.23. The van der Waals surface area contributed by atoms with E-state index in [0.717, 1.165) is 11.3 Å². The predicted molar refractivity (Wildman–Crippen MR) is 88.7 cm³/mol. The highest BCUT2D eigenvalue weighted by Gasteiger charge is 2.17. The zero-order valence-corrected chi connectivity index (χ0v) is 13.6. The van der Waals surface area contributed by atoms with E-state index in [-0.39, 0.29) is 11.8 Å². The van der Waals surface area contributed by atoms with Crippen LogP contribution >= 0.6 is 0 Å². The number of carbonyl (C=O) groups is 2. The van der Waals surface area contributed by atoms with Crippen LogP contribution in [0, 0.1) is 5.92 Å². The summed E-state index contributed by atoms with van der Waals surface area (Å²) in [5, 5.41) is 2.96. The van der Waals surface area contributed by atoms with Crippen molar-refractivity contribution in [1.29, 1.82) is 0 Å². The van der Waals surface area contributed by atoms with Gasteiger partial charge in [0.2, 0.25) is 11.8 Å². The monoisotopic (exact) mass is 302 g/mol. The Kier molecular flexibility index (Phi) is 5.99. The Morgan fingerprint density at radius 3 is 2.32 bits per heavy atom. The van der Waals surface area contributed by atoms with E-state index in [2.05, 4.69) is 5.32 Å². The normalized spacial score (nSPS) is 15.4. The molecule has 1 aliphatic rings. The molecule has 0 bridgehead atoms. The van der Waals surface area contributed by atoms with Crippen molar-refractivity contribution in [2.75, 3.05) is 19.4 Å². The number of carbonyl (C=O) groups excluding carboxylic acids is 2. The van der Waals surface area contributed by atoms with E-state index in [1.807, 2.05) is 24.3 Å². The molecule has 120 valence electrons. The van der Waals surface area contributed by atoms with Crippen molar-refractivity contribution in [2.24, 2.45) is 5.92 Å². The van der Waals surface area contributed by atoms with Gasteiger partial charge in [0.05, 0.1) is 6.42 Å². The van der Waals surface area contributed by atoms with Gasteiger partial charge in [-0.25, -0.2) is 0 Å². The number of nitrogens with one attached hydrogen (secondary N) is 1. The summed E-state index contributed by atoms with van der Waals surface area (Å²) in [7, 11) is 3.50. The molecular formula is C18H26N2O2. The van der Waals surface area contributed by atoms with Crippen molar-refractivity contribution < 1.29 is 9.59 Å². The number of likely N-dealkylation sites (N-methyl/N-ethyl adjacent to an activating group) is 1. The summed E-state index contributed by atoms with van der Waals surface area (Å²) >= 11 is 0. The fourth-order valence-corrected chi connectivity index (χ4v) is 2.90. The molecule has 0 radical (unpaired) electrons. The van der Waals surface area contributed by atoms with Gasteiger partial charge in [-0.1, -0.05) is 31.4 Å². The molecule has 0 aliphatic heterocycles. The Morgan fingerprint density at radius 1 is 1.09 bits per heavy atom. The van der Waals surface area contributed by atoms with Crippen LogP contribution in [-0.2, 0) is 16.0 Å². The van der Waals surface area contributed by atoms with Gasteiger partial charge in [-0.05, 0) is 36.5 Å².